The van der Waals surface area contributed by atoms with Gasteiger partial charge in [0.25, 0.3) is 5.56 Å². The SMILES string of the molecule is CCN(c1ccc(OC)cc1)c1nccc(N2CCCn3c2cc(-c2ccccc2)cc3=O)n1. The Morgan fingerprint density at radius 2 is 1.76 bits per heavy atom. The summed E-state index contributed by atoms with van der Waals surface area (Å²) in [6.45, 7) is 4.26. The average molecular weight is 454 g/mol. The highest BCUT2D eigenvalue weighted by Gasteiger charge is 2.22. The first-order valence-corrected chi connectivity index (χ1v) is 11.5. The van der Waals surface area contributed by atoms with Gasteiger partial charge in [0, 0.05) is 37.6 Å². The maximum absolute atomic E-state index is 13.0. The van der Waals surface area contributed by atoms with Crippen molar-refractivity contribution in [2.75, 3.05) is 30.0 Å². The minimum atomic E-state index is 0.00347. The van der Waals surface area contributed by atoms with E-state index in [4.69, 9.17) is 9.72 Å². The summed E-state index contributed by atoms with van der Waals surface area (Å²) >= 11 is 0. The van der Waals surface area contributed by atoms with Crippen molar-refractivity contribution in [1.29, 1.82) is 0 Å². The second-order valence-corrected chi connectivity index (χ2v) is 8.12. The molecule has 1 aliphatic heterocycles. The van der Waals surface area contributed by atoms with Crippen LogP contribution in [0.25, 0.3) is 11.1 Å². The molecule has 0 aliphatic carbocycles. The number of nitrogens with zero attached hydrogens (tertiary/aromatic N) is 5. The predicted octanol–water partition coefficient (Wildman–Crippen LogP) is 5.01. The van der Waals surface area contributed by atoms with E-state index in [2.05, 4.69) is 27.8 Å². The van der Waals surface area contributed by atoms with Crippen LogP contribution in [-0.4, -0.2) is 34.7 Å². The lowest BCUT2D eigenvalue weighted by Crippen LogP contribution is -2.35. The molecule has 4 aromatic rings. The molecule has 172 valence electrons. The molecule has 3 heterocycles. The maximum atomic E-state index is 13.0. The Morgan fingerprint density at radius 1 is 0.971 bits per heavy atom. The molecule has 0 atom stereocenters. The Labute approximate surface area is 198 Å². The maximum Gasteiger partial charge on any atom is 0.252 e. The second kappa shape index (κ2) is 9.39. The highest BCUT2D eigenvalue weighted by molar-refractivity contribution is 5.70. The first-order chi connectivity index (χ1) is 16.7. The normalized spacial score (nSPS) is 12.8. The van der Waals surface area contributed by atoms with E-state index < -0.39 is 0 Å². The number of rotatable bonds is 6. The van der Waals surface area contributed by atoms with Gasteiger partial charge in [-0.2, -0.15) is 4.98 Å². The van der Waals surface area contributed by atoms with Crippen LogP contribution in [0.4, 0.5) is 23.3 Å². The zero-order valence-electron chi connectivity index (χ0n) is 19.4. The van der Waals surface area contributed by atoms with Crippen molar-refractivity contribution in [3.05, 3.63) is 89.3 Å². The van der Waals surface area contributed by atoms with E-state index in [1.54, 1.807) is 19.4 Å². The second-order valence-electron chi connectivity index (χ2n) is 8.12. The first kappa shape index (κ1) is 21.7. The topological polar surface area (TPSA) is 63.5 Å². The summed E-state index contributed by atoms with van der Waals surface area (Å²) in [6, 6.07) is 23.6. The summed E-state index contributed by atoms with van der Waals surface area (Å²) in [5, 5.41) is 0. The van der Waals surface area contributed by atoms with Crippen LogP contribution in [-0.2, 0) is 6.54 Å². The van der Waals surface area contributed by atoms with E-state index >= 15 is 0 Å². The summed E-state index contributed by atoms with van der Waals surface area (Å²) < 4.78 is 7.12. The van der Waals surface area contributed by atoms with E-state index in [0.717, 1.165) is 47.2 Å². The van der Waals surface area contributed by atoms with Crippen molar-refractivity contribution in [2.24, 2.45) is 0 Å². The van der Waals surface area contributed by atoms with E-state index in [1.807, 2.05) is 65.2 Å². The van der Waals surface area contributed by atoms with Gasteiger partial charge in [-0.25, -0.2) is 4.98 Å². The minimum absolute atomic E-state index is 0.00347. The quantitative estimate of drug-likeness (QED) is 0.409. The van der Waals surface area contributed by atoms with Crippen LogP contribution in [0.1, 0.15) is 13.3 Å². The number of anilines is 4. The molecule has 1 aliphatic rings. The average Bonchev–Trinajstić information content (AvgIpc) is 2.90. The van der Waals surface area contributed by atoms with E-state index in [0.29, 0.717) is 19.0 Å². The molecule has 2 aromatic carbocycles. The van der Waals surface area contributed by atoms with Gasteiger partial charge in [-0.05, 0) is 60.9 Å². The fourth-order valence-electron chi connectivity index (χ4n) is 4.38. The highest BCUT2D eigenvalue weighted by Crippen LogP contribution is 2.32. The summed E-state index contributed by atoms with van der Waals surface area (Å²) in [7, 11) is 1.66. The van der Waals surface area contributed by atoms with E-state index in [1.165, 1.54) is 0 Å². The molecule has 0 N–H and O–H groups in total. The van der Waals surface area contributed by atoms with Crippen LogP contribution >= 0.6 is 0 Å². The zero-order chi connectivity index (χ0) is 23.5. The van der Waals surface area contributed by atoms with Gasteiger partial charge in [-0.15, -0.1) is 0 Å². The highest BCUT2D eigenvalue weighted by atomic mass is 16.5. The van der Waals surface area contributed by atoms with Crippen molar-refractivity contribution in [2.45, 2.75) is 19.9 Å². The largest absolute Gasteiger partial charge is 0.497 e. The number of ether oxygens (including phenoxy) is 1. The molecule has 0 unspecified atom stereocenters. The van der Waals surface area contributed by atoms with Crippen molar-refractivity contribution in [3.63, 3.8) is 0 Å². The summed E-state index contributed by atoms with van der Waals surface area (Å²) in [4.78, 5) is 26.6. The Balaban J connectivity index is 1.54. The Bertz CT molecular complexity index is 1340. The third kappa shape index (κ3) is 4.12. The first-order valence-electron chi connectivity index (χ1n) is 11.5. The molecule has 0 spiro atoms. The van der Waals surface area contributed by atoms with Crippen LogP contribution in [0.2, 0.25) is 0 Å². The molecule has 0 saturated carbocycles. The molecule has 0 amide bonds. The van der Waals surface area contributed by atoms with Crippen LogP contribution in [0, 0.1) is 0 Å². The number of hydrogen-bond acceptors (Lipinski definition) is 6. The number of benzene rings is 2. The summed E-state index contributed by atoms with van der Waals surface area (Å²) in [5.41, 5.74) is 2.92. The zero-order valence-corrected chi connectivity index (χ0v) is 19.4. The Hall–Kier alpha value is -4.13. The predicted molar refractivity (Wildman–Crippen MR) is 135 cm³/mol. The third-order valence-electron chi connectivity index (χ3n) is 6.10. The lowest BCUT2D eigenvalue weighted by atomic mass is 10.1. The van der Waals surface area contributed by atoms with Crippen molar-refractivity contribution >= 4 is 23.3 Å². The molecule has 0 fully saturated rings. The number of fused-ring (bicyclic) bond motifs is 1. The van der Waals surface area contributed by atoms with Gasteiger partial charge in [0.15, 0.2) is 0 Å². The van der Waals surface area contributed by atoms with Crippen LogP contribution in [0.15, 0.2) is 83.8 Å². The number of methoxy groups -OCH3 is 1. The fraction of sp³-hybridized carbons (Fsp3) is 0.222. The van der Waals surface area contributed by atoms with Gasteiger partial charge >= 0.3 is 0 Å². The molecule has 0 radical (unpaired) electrons. The Kier molecular flexibility index (Phi) is 5.99. The van der Waals surface area contributed by atoms with E-state index in [-0.39, 0.29) is 5.56 Å². The smallest absolute Gasteiger partial charge is 0.252 e. The fourth-order valence-corrected chi connectivity index (χ4v) is 4.38. The summed E-state index contributed by atoms with van der Waals surface area (Å²) in [6.07, 6.45) is 2.65. The number of aromatic nitrogens is 3. The van der Waals surface area contributed by atoms with Gasteiger partial charge in [0.2, 0.25) is 5.95 Å². The van der Waals surface area contributed by atoms with Crippen molar-refractivity contribution in [3.8, 4) is 16.9 Å². The van der Waals surface area contributed by atoms with Gasteiger partial charge < -0.3 is 14.5 Å². The molecule has 34 heavy (non-hydrogen) atoms. The molecule has 0 bridgehead atoms. The lowest BCUT2D eigenvalue weighted by molar-refractivity contribution is 0.415. The monoisotopic (exact) mass is 453 g/mol. The molecule has 2 aromatic heterocycles. The van der Waals surface area contributed by atoms with Gasteiger partial charge in [0.05, 0.1) is 7.11 Å². The molecule has 5 rings (SSSR count). The van der Waals surface area contributed by atoms with Crippen LogP contribution < -0.4 is 20.1 Å². The third-order valence-corrected chi connectivity index (χ3v) is 6.10. The van der Waals surface area contributed by atoms with Gasteiger partial charge in [-0.3, -0.25) is 9.36 Å². The molecular weight excluding hydrogens is 426 g/mol. The van der Waals surface area contributed by atoms with Crippen molar-refractivity contribution < 1.29 is 4.74 Å². The molecular formula is C27H27N5O2. The number of pyridine rings is 1. The van der Waals surface area contributed by atoms with Gasteiger partial charge in [-0.1, -0.05) is 30.3 Å². The molecule has 0 saturated heterocycles. The van der Waals surface area contributed by atoms with Crippen LogP contribution in [0.3, 0.4) is 0 Å². The Morgan fingerprint density at radius 3 is 2.50 bits per heavy atom. The standard InChI is InChI=1S/C27H27N5O2/c1-3-30(22-10-12-23(34-2)13-11-22)27-28-15-14-24(29-27)31-16-7-17-32-25(31)18-21(19-26(32)33)20-8-5-4-6-9-20/h4-6,8-15,18-19H,3,7,16-17H2,1-2H3. The van der Waals surface area contributed by atoms with E-state index in [9.17, 15) is 4.79 Å². The summed E-state index contributed by atoms with van der Waals surface area (Å²) in [5.74, 6) is 3.05. The molecule has 7 nitrogen and oxygen atoms in total. The molecule has 7 heteroatoms. The van der Waals surface area contributed by atoms with Crippen molar-refractivity contribution in [1.82, 2.24) is 14.5 Å². The van der Waals surface area contributed by atoms with Gasteiger partial charge in [0.1, 0.15) is 17.4 Å². The number of hydrogen-bond donors (Lipinski definition) is 0. The van der Waals surface area contributed by atoms with Crippen LogP contribution in [0.5, 0.6) is 5.75 Å². The minimum Gasteiger partial charge on any atom is -0.497 e. The lowest BCUT2D eigenvalue weighted by Gasteiger charge is -2.32.